The molecule has 0 aliphatic carbocycles. The van der Waals surface area contributed by atoms with E-state index in [1.54, 1.807) is 12.1 Å². The van der Waals surface area contributed by atoms with E-state index in [1.165, 1.54) is 35.2 Å². The van der Waals surface area contributed by atoms with Gasteiger partial charge in [-0.1, -0.05) is 42.1 Å². The molecule has 2 aromatic carbocycles. The van der Waals surface area contributed by atoms with Crippen LogP contribution in [0.15, 0.2) is 63.9 Å². The van der Waals surface area contributed by atoms with Crippen molar-refractivity contribution in [3.63, 3.8) is 0 Å². The molecule has 5 rings (SSSR count). The molecule has 0 radical (unpaired) electrons. The van der Waals surface area contributed by atoms with Gasteiger partial charge in [-0.15, -0.1) is 11.3 Å². The number of amides is 1. The Morgan fingerprint density at radius 2 is 2.06 bits per heavy atom. The van der Waals surface area contributed by atoms with Crippen LogP contribution in [0.25, 0.3) is 21.3 Å². The zero-order valence-corrected chi connectivity index (χ0v) is 18.4. The molecule has 1 aliphatic heterocycles. The van der Waals surface area contributed by atoms with Crippen LogP contribution in [0, 0.1) is 5.82 Å². The van der Waals surface area contributed by atoms with E-state index in [1.807, 2.05) is 29.6 Å². The molecule has 0 saturated heterocycles. The molecule has 0 bridgehead atoms. The first kappa shape index (κ1) is 20.7. The number of nitrogens with zero attached hydrogens (tertiary/aromatic N) is 1. The number of nitrogens with one attached hydrogen (secondary N) is 2. The van der Waals surface area contributed by atoms with Crippen molar-refractivity contribution >= 4 is 39.2 Å². The number of thioether (sulfide) groups is 1. The van der Waals surface area contributed by atoms with E-state index in [4.69, 9.17) is 4.74 Å². The summed E-state index contributed by atoms with van der Waals surface area (Å²) in [6, 6.07) is 13.6. The average molecular weight is 468 g/mol. The summed E-state index contributed by atoms with van der Waals surface area (Å²) in [5.74, 6) is 0.450. The van der Waals surface area contributed by atoms with Crippen LogP contribution in [0.4, 0.5) is 4.39 Å². The number of carbonyl (C=O) groups is 1. The number of rotatable bonds is 5. The summed E-state index contributed by atoms with van der Waals surface area (Å²) < 4.78 is 18.9. The standard InChI is InChI=1S/C23H18FN3O3S2/c24-14-7-5-13(6-8-14)16-11-31-22-20(16)21(29)26-23(27-22)32-12-19(28)25-17-9-10-30-18-4-2-1-3-15(17)18/h1-8,11,17H,9-10,12H2,(H,25,28)(H,26,27,29). The number of para-hydroxylation sites is 1. The Bertz CT molecular complexity index is 1350. The number of hydrogen-bond acceptors (Lipinski definition) is 6. The van der Waals surface area contributed by atoms with Crippen molar-refractivity contribution in [2.75, 3.05) is 12.4 Å². The number of fused-ring (bicyclic) bond motifs is 2. The van der Waals surface area contributed by atoms with Crippen LogP contribution in [-0.2, 0) is 4.79 Å². The summed E-state index contributed by atoms with van der Waals surface area (Å²) in [5.41, 5.74) is 2.15. The van der Waals surface area contributed by atoms with Crippen LogP contribution in [0.3, 0.4) is 0 Å². The van der Waals surface area contributed by atoms with E-state index in [0.717, 1.165) is 16.9 Å². The third-order valence-corrected chi connectivity index (χ3v) is 6.96. The summed E-state index contributed by atoms with van der Waals surface area (Å²) in [6.07, 6.45) is 0.704. The van der Waals surface area contributed by atoms with E-state index < -0.39 is 0 Å². The minimum absolute atomic E-state index is 0.0990. The normalized spacial score (nSPS) is 15.2. The first-order valence-corrected chi connectivity index (χ1v) is 11.9. The van der Waals surface area contributed by atoms with Gasteiger partial charge in [0.15, 0.2) is 5.16 Å². The van der Waals surface area contributed by atoms with Crippen molar-refractivity contribution < 1.29 is 13.9 Å². The predicted octanol–water partition coefficient (Wildman–Crippen LogP) is 4.52. The molecular formula is C23H18FN3O3S2. The van der Waals surface area contributed by atoms with Crippen LogP contribution in [0.2, 0.25) is 0 Å². The fourth-order valence-electron chi connectivity index (χ4n) is 3.70. The molecule has 1 unspecified atom stereocenters. The predicted molar refractivity (Wildman–Crippen MR) is 124 cm³/mol. The lowest BCUT2D eigenvalue weighted by Gasteiger charge is -2.26. The summed E-state index contributed by atoms with van der Waals surface area (Å²) in [6.45, 7) is 0.551. The molecule has 162 valence electrons. The van der Waals surface area contributed by atoms with Gasteiger partial charge in [-0.2, -0.15) is 0 Å². The van der Waals surface area contributed by atoms with Crippen molar-refractivity contribution in [2.45, 2.75) is 17.6 Å². The zero-order valence-electron chi connectivity index (χ0n) is 16.8. The van der Waals surface area contributed by atoms with Gasteiger partial charge in [0.25, 0.3) is 5.56 Å². The molecule has 0 spiro atoms. The monoisotopic (exact) mass is 467 g/mol. The van der Waals surface area contributed by atoms with Gasteiger partial charge in [-0.25, -0.2) is 9.37 Å². The van der Waals surface area contributed by atoms with Crippen molar-refractivity contribution in [1.29, 1.82) is 0 Å². The summed E-state index contributed by atoms with van der Waals surface area (Å²) in [4.78, 5) is 33.1. The maximum absolute atomic E-state index is 13.2. The van der Waals surface area contributed by atoms with E-state index in [2.05, 4.69) is 15.3 Å². The fourth-order valence-corrected chi connectivity index (χ4v) is 5.38. The Kier molecular flexibility index (Phi) is 5.67. The molecule has 6 nitrogen and oxygen atoms in total. The van der Waals surface area contributed by atoms with Crippen LogP contribution >= 0.6 is 23.1 Å². The number of halogens is 1. The van der Waals surface area contributed by atoms with Crippen molar-refractivity contribution in [3.05, 3.63) is 75.6 Å². The zero-order chi connectivity index (χ0) is 22.1. The minimum atomic E-state index is -0.332. The molecule has 9 heteroatoms. The van der Waals surface area contributed by atoms with Gasteiger partial charge in [-0.3, -0.25) is 9.59 Å². The maximum atomic E-state index is 13.2. The summed E-state index contributed by atoms with van der Waals surface area (Å²) in [7, 11) is 0. The number of ether oxygens (including phenoxy) is 1. The Labute approximate surface area is 190 Å². The quantitative estimate of drug-likeness (QED) is 0.333. The van der Waals surface area contributed by atoms with E-state index >= 15 is 0 Å². The SMILES string of the molecule is O=C(CSc1nc2scc(-c3ccc(F)cc3)c2c(=O)[nH]1)NC1CCOc2ccccc21. The summed E-state index contributed by atoms with van der Waals surface area (Å²) >= 11 is 2.53. The molecule has 2 aromatic heterocycles. The highest BCUT2D eigenvalue weighted by atomic mass is 32.2. The number of hydrogen-bond donors (Lipinski definition) is 2. The van der Waals surface area contributed by atoms with Gasteiger partial charge >= 0.3 is 0 Å². The number of aromatic nitrogens is 2. The molecule has 32 heavy (non-hydrogen) atoms. The Morgan fingerprint density at radius 3 is 2.91 bits per heavy atom. The second kappa shape index (κ2) is 8.76. The third kappa shape index (κ3) is 4.13. The highest BCUT2D eigenvalue weighted by molar-refractivity contribution is 7.99. The molecular weight excluding hydrogens is 449 g/mol. The van der Waals surface area contributed by atoms with E-state index in [9.17, 15) is 14.0 Å². The lowest BCUT2D eigenvalue weighted by atomic mass is 10.0. The Hall–Kier alpha value is -3.17. The highest BCUT2D eigenvalue weighted by Crippen LogP contribution is 2.33. The molecule has 3 heterocycles. The van der Waals surface area contributed by atoms with Gasteiger partial charge in [0.2, 0.25) is 5.91 Å². The smallest absolute Gasteiger partial charge is 0.260 e. The van der Waals surface area contributed by atoms with E-state index in [-0.39, 0.29) is 29.1 Å². The molecule has 0 fully saturated rings. The first-order chi connectivity index (χ1) is 15.6. The van der Waals surface area contributed by atoms with Gasteiger partial charge in [0.1, 0.15) is 16.4 Å². The van der Waals surface area contributed by atoms with Crippen LogP contribution in [-0.4, -0.2) is 28.2 Å². The molecule has 2 N–H and O–H groups in total. The van der Waals surface area contributed by atoms with Crippen molar-refractivity contribution in [3.8, 4) is 16.9 Å². The second-order valence-electron chi connectivity index (χ2n) is 7.29. The Morgan fingerprint density at radius 1 is 1.25 bits per heavy atom. The Balaban J connectivity index is 1.30. The van der Waals surface area contributed by atoms with Gasteiger partial charge in [0.05, 0.1) is 23.8 Å². The van der Waals surface area contributed by atoms with Gasteiger partial charge in [0, 0.05) is 22.9 Å². The number of benzene rings is 2. The second-order valence-corrected chi connectivity index (χ2v) is 9.11. The lowest BCUT2D eigenvalue weighted by molar-refractivity contribution is -0.119. The molecule has 0 saturated carbocycles. The van der Waals surface area contributed by atoms with Crippen LogP contribution < -0.4 is 15.6 Å². The highest BCUT2D eigenvalue weighted by Gasteiger charge is 2.23. The average Bonchev–Trinajstić information content (AvgIpc) is 3.23. The minimum Gasteiger partial charge on any atom is -0.493 e. The van der Waals surface area contributed by atoms with Crippen molar-refractivity contribution in [1.82, 2.24) is 15.3 Å². The molecule has 1 atom stereocenters. The number of H-pyrrole nitrogens is 1. The summed E-state index contributed by atoms with van der Waals surface area (Å²) in [5, 5.41) is 5.73. The van der Waals surface area contributed by atoms with Crippen LogP contribution in [0.5, 0.6) is 5.75 Å². The number of carbonyl (C=O) groups excluding carboxylic acids is 1. The van der Waals surface area contributed by atoms with Gasteiger partial charge in [-0.05, 0) is 23.8 Å². The fraction of sp³-hybridized carbons (Fsp3) is 0.174. The topological polar surface area (TPSA) is 84.1 Å². The van der Waals surface area contributed by atoms with Gasteiger partial charge < -0.3 is 15.0 Å². The van der Waals surface area contributed by atoms with Crippen LogP contribution in [0.1, 0.15) is 18.0 Å². The third-order valence-electron chi connectivity index (χ3n) is 5.21. The maximum Gasteiger partial charge on any atom is 0.260 e. The molecule has 4 aromatic rings. The first-order valence-electron chi connectivity index (χ1n) is 10.00. The van der Waals surface area contributed by atoms with Crippen molar-refractivity contribution in [2.24, 2.45) is 0 Å². The number of thiophene rings is 1. The molecule has 1 aliphatic rings. The lowest BCUT2D eigenvalue weighted by Crippen LogP contribution is -2.33. The molecule has 1 amide bonds. The largest absolute Gasteiger partial charge is 0.493 e. The van der Waals surface area contributed by atoms with E-state index in [0.29, 0.717) is 34.0 Å². The number of aromatic amines is 1.